The van der Waals surface area contributed by atoms with Crippen LogP contribution in [0.1, 0.15) is 33.3 Å². The highest BCUT2D eigenvalue weighted by Crippen LogP contribution is 2.16. The monoisotopic (exact) mass is 376 g/mol. The molecule has 0 aliphatic carbocycles. The van der Waals surface area contributed by atoms with Gasteiger partial charge in [0, 0.05) is 45.5 Å². The van der Waals surface area contributed by atoms with Crippen molar-refractivity contribution in [3.05, 3.63) is 23.9 Å². The van der Waals surface area contributed by atoms with E-state index >= 15 is 0 Å². The van der Waals surface area contributed by atoms with Crippen LogP contribution in [0.25, 0.3) is 0 Å². The first-order chi connectivity index (χ1) is 12.7. The molecule has 2 N–H and O–H groups in total. The maximum absolute atomic E-state index is 12.0. The first kappa shape index (κ1) is 20.8. The zero-order chi connectivity index (χ0) is 20.0. The number of amides is 1. The van der Waals surface area contributed by atoms with Crippen LogP contribution < -0.4 is 15.5 Å². The predicted molar refractivity (Wildman–Crippen MR) is 108 cm³/mol. The first-order valence-electron chi connectivity index (χ1n) is 9.33. The summed E-state index contributed by atoms with van der Waals surface area (Å²) in [7, 11) is 3.94. The van der Waals surface area contributed by atoms with E-state index in [0.29, 0.717) is 19.6 Å². The van der Waals surface area contributed by atoms with Crippen LogP contribution in [0.5, 0.6) is 0 Å². The predicted octanol–water partition coefficient (Wildman–Crippen LogP) is 1.82. The SMILES string of the molecule is CCNC(=NCc1cccnc1N(C)C)NC1CN(C(=O)OC(C)(C)C)C1. The largest absolute Gasteiger partial charge is 0.444 e. The van der Waals surface area contributed by atoms with Crippen molar-refractivity contribution in [3.63, 3.8) is 0 Å². The van der Waals surface area contributed by atoms with Crippen molar-refractivity contribution >= 4 is 17.9 Å². The summed E-state index contributed by atoms with van der Waals surface area (Å²) < 4.78 is 5.39. The molecule has 2 heterocycles. The fourth-order valence-corrected chi connectivity index (χ4v) is 2.68. The molecule has 1 saturated heterocycles. The molecule has 1 aromatic heterocycles. The summed E-state index contributed by atoms with van der Waals surface area (Å²) in [6, 6.07) is 4.11. The van der Waals surface area contributed by atoms with Crippen molar-refractivity contribution in [3.8, 4) is 0 Å². The smallest absolute Gasteiger partial charge is 0.410 e. The van der Waals surface area contributed by atoms with Gasteiger partial charge in [0.05, 0.1) is 12.6 Å². The Hall–Kier alpha value is -2.51. The van der Waals surface area contributed by atoms with Crippen LogP contribution in [0, 0.1) is 0 Å². The van der Waals surface area contributed by atoms with E-state index in [9.17, 15) is 4.79 Å². The number of anilines is 1. The highest BCUT2D eigenvalue weighted by Gasteiger charge is 2.34. The van der Waals surface area contributed by atoms with Gasteiger partial charge in [-0.05, 0) is 33.8 Å². The van der Waals surface area contributed by atoms with E-state index in [4.69, 9.17) is 4.74 Å². The third-order valence-corrected chi connectivity index (χ3v) is 3.92. The van der Waals surface area contributed by atoms with Crippen molar-refractivity contribution in [2.45, 2.75) is 45.9 Å². The number of pyridine rings is 1. The van der Waals surface area contributed by atoms with Crippen LogP contribution in [0.15, 0.2) is 23.3 Å². The van der Waals surface area contributed by atoms with Crippen molar-refractivity contribution in [1.29, 1.82) is 0 Å². The van der Waals surface area contributed by atoms with E-state index in [-0.39, 0.29) is 12.1 Å². The van der Waals surface area contributed by atoms with Gasteiger partial charge < -0.3 is 25.2 Å². The summed E-state index contributed by atoms with van der Waals surface area (Å²) in [4.78, 5) is 24.8. The highest BCUT2D eigenvalue weighted by atomic mass is 16.6. The molecular weight excluding hydrogens is 344 g/mol. The van der Waals surface area contributed by atoms with Crippen LogP contribution in [0.3, 0.4) is 0 Å². The second-order valence-electron chi connectivity index (χ2n) is 7.80. The number of carbonyl (C=O) groups excluding carboxylic acids is 1. The average Bonchev–Trinajstić information content (AvgIpc) is 2.53. The number of likely N-dealkylation sites (tertiary alicyclic amines) is 1. The summed E-state index contributed by atoms with van der Waals surface area (Å²) in [5.41, 5.74) is 0.587. The van der Waals surface area contributed by atoms with E-state index in [2.05, 4.69) is 20.6 Å². The van der Waals surface area contributed by atoms with E-state index in [0.717, 1.165) is 23.9 Å². The Balaban J connectivity index is 1.92. The normalized spacial score (nSPS) is 15.2. The zero-order valence-corrected chi connectivity index (χ0v) is 17.2. The van der Waals surface area contributed by atoms with Gasteiger partial charge in [-0.15, -0.1) is 0 Å². The van der Waals surface area contributed by atoms with Crippen LogP contribution in [0.2, 0.25) is 0 Å². The molecule has 0 unspecified atom stereocenters. The number of aliphatic imine (C=N–C) groups is 1. The maximum Gasteiger partial charge on any atom is 0.410 e. The number of aromatic nitrogens is 1. The minimum atomic E-state index is -0.472. The molecule has 1 fully saturated rings. The lowest BCUT2D eigenvalue weighted by Crippen LogP contribution is -2.63. The van der Waals surface area contributed by atoms with Crippen molar-refractivity contribution < 1.29 is 9.53 Å². The summed E-state index contributed by atoms with van der Waals surface area (Å²) in [5.74, 6) is 1.65. The molecule has 0 bridgehead atoms. The third kappa shape index (κ3) is 6.30. The number of nitrogens with one attached hydrogen (secondary N) is 2. The Morgan fingerprint density at radius 1 is 1.41 bits per heavy atom. The summed E-state index contributed by atoms with van der Waals surface area (Å²) in [6.07, 6.45) is 1.51. The van der Waals surface area contributed by atoms with Gasteiger partial charge in [-0.2, -0.15) is 0 Å². The Bertz CT molecular complexity index is 662. The molecule has 0 radical (unpaired) electrons. The van der Waals surface area contributed by atoms with Gasteiger partial charge in [-0.3, -0.25) is 0 Å². The molecule has 27 heavy (non-hydrogen) atoms. The molecule has 1 amide bonds. The second-order valence-corrected chi connectivity index (χ2v) is 7.80. The van der Waals surface area contributed by atoms with Gasteiger partial charge in [-0.25, -0.2) is 14.8 Å². The number of guanidine groups is 1. The van der Waals surface area contributed by atoms with Gasteiger partial charge in [-0.1, -0.05) is 6.07 Å². The topological polar surface area (TPSA) is 82.1 Å². The van der Waals surface area contributed by atoms with Crippen LogP contribution >= 0.6 is 0 Å². The fraction of sp³-hybridized carbons (Fsp3) is 0.632. The van der Waals surface area contributed by atoms with Crippen LogP contribution in [0.4, 0.5) is 10.6 Å². The number of rotatable bonds is 5. The quantitative estimate of drug-likeness (QED) is 0.603. The van der Waals surface area contributed by atoms with Crippen LogP contribution in [-0.4, -0.2) is 67.3 Å². The molecule has 0 aromatic carbocycles. The van der Waals surface area contributed by atoms with Gasteiger partial charge in [0.1, 0.15) is 11.4 Å². The van der Waals surface area contributed by atoms with Crippen LogP contribution in [-0.2, 0) is 11.3 Å². The molecular formula is C19H32N6O2. The van der Waals surface area contributed by atoms with Crippen molar-refractivity contribution in [2.24, 2.45) is 4.99 Å². The minimum absolute atomic E-state index is 0.164. The molecule has 0 spiro atoms. The maximum atomic E-state index is 12.0. The molecule has 1 aliphatic rings. The van der Waals surface area contributed by atoms with E-state index in [1.54, 1.807) is 11.1 Å². The molecule has 0 saturated carbocycles. The average molecular weight is 377 g/mol. The van der Waals surface area contributed by atoms with Gasteiger partial charge >= 0.3 is 6.09 Å². The minimum Gasteiger partial charge on any atom is -0.444 e. The number of ether oxygens (including phenoxy) is 1. The summed E-state index contributed by atoms with van der Waals surface area (Å²) in [5, 5.41) is 6.63. The number of carbonyl (C=O) groups is 1. The van der Waals surface area contributed by atoms with Gasteiger partial charge in [0.2, 0.25) is 0 Å². The van der Waals surface area contributed by atoms with Gasteiger partial charge in [0.15, 0.2) is 5.96 Å². The highest BCUT2D eigenvalue weighted by molar-refractivity contribution is 5.80. The number of nitrogens with zero attached hydrogens (tertiary/aromatic N) is 4. The van der Waals surface area contributed by atoms with E-state index in [1.807, 2.05) is 58.8 Å². The van der Waals surface area contributed by atoms with E-state index in [1.165, 1.54) is 0 Å². The lowest BCUT2D eigenvalue weighted by Gasteiger charge is -2.40. The number of hydrogen-bond acceptors (Lipinski definition) is 5. The molecule has 8 heteroatoms. The second kappa shape index (κ2) is 8.92. The molecule has 8 nitrogen and oxygen atoms in total. The standard InChI is InChI=1S/C19H32N6O2/c1-7-20-17(22-11-14-9-8-10-21-16(14)24(5)6)23-15-12-25(13-15)18(26)27-19(2,3)4/h8-10,15H,7,11-13H2,1-6H3,(H2,20,22,23). The van der Waals surface area contributed by atoms with Gasteiger partial charge in [0.25, 0.3) is 0 Å². The number of hydrogen-bond donors (Lipinski definition) is 2. The Kier molecular flexibility index (Phi) is 6.87. The molecule has 2 rings (SSSR count). The lowest BCUT2D eigenvalue weighted by molar-refractivity contribution is 0.00701. The van der Waals surface area contributed by atoms with Crippen molar-refractivity contribution in [2.75, 3.05) is 38.6 Å². The molecule has 0 atom stereocenters. The molecule has 150 valence electrons. The summed E-state index contributed by atoms with van der Waals surface area (Å²) in [6.45, 7) is 10.1. The lowest BCUT2D eigenvalue weighted by atomic mass is 10.1. The first-order valence-corrected chi connectivity index (χ1v) is 9.33. The van der Waals surface area contributed by atoms with Crippen molar-refractivity contribution in [1.82, 2.24) is 20.5 Å². The third-order valence-electron chi connectivity index (χ3n) is 3.92. The summed E-state index contributed by atoms with van der Waals surface area (Å²) >= 11 is 0. The Labute approximate surface area is 162 Å². The Morgan fingerprint density at radius 2 is 2.11 bits per heavy atom. The molecule has 1 aliphatic heterocycles. The molecule has 1 aromatic rings. The fourth-order valence-electron chi connectivity index (χ4n) is 2.68. The zero-order valence-electron chi connectivity index (χ0n) is 17.2. The van der Waals surface area contributed by atoms with E-state index < -0.39 is 5.60 Å². The Morgan fingerprint density at radius 3 is 2.70 bits per heavy atom.